The van der Waals surface area contributed by atoms with Crippen molar-refractivity contribution in [2.24, 2.45) is 46.8 Å². The Bertz CT molecular complexity index is 964. The van der Waals surface area contributed by atoms with Gasteiger partial charge in [-0.2, -0.15) is 5.10 Å². The van der Waals surface area contributed by atoms with Gasteiger partial charge >= 0.3 is 0 Å². The van der Waals surface area contributed by atoms with Crippen molar-refractivity contribution < 1.29 is 14.3 Å². The van der Waals surface area contributed by atoms with Crippen molar-refractivity contribution in [2.45, 2.75) is 77.9 Å². The van der Waals surface area contributed by atoms with E-state index in [-0.39, 0.29) is 23.6 Å². The first-order chi connectivity index (χ1) is 14.7. The summed E-state index contributed by atoms with van der Waals surface area (Å²) in [4.78, 5) is 13.5. The van der Waals surface area contributed by atoms with Crippen LogP contribution in [0.2, 0.25) is 0 Å². The number of carbonyl (C=O) groups excluding carboxylic acids is 1. The minimum absolute atomic E-state index is 0.0244. The van der Waals surface area contributed by atoms with Crippen molar-refractivity contribution in [1.82, 2.24) is 9.78 Å². The van der Waals surface area contributed by atoms with E-state index in [1.54, 1.807) is 0 Å². The number of halogens is 1. The number of Topliss-reactive ketones (excluding diaryl/α,β-unsaturated/α-hetero) is 1. The van der Waals surface area contributed by atoms with Crippen molar-refractivity contribution in [3.63, 3.8) is 0 Å². The molecule has 4 nitrogen and oxygen atoms in total. The largest absolute Gasteiger partial charge is 0.390 e. The van der Waals surface area contributed by atoms with E-state index in [0.717, 1.165) is 36.7 Å². The van der Waals surface area contributed by atoms with E-state index >= 15 is 0 Å². The molecule has 5 aliphatic rings. The van der Waals surface area contributed by atoms with Gasteiger partial charge in [0.05, 0.1) is 18.0 Å². The van der Waals surface area contributed by atoms with Gasteiger partial charge in [-0.25, -0.2) is 4.39 Å². The number of fused-ring (bicyclic) bond motifs is 7. The Kier molecular flexibility index (Phi) is 4.24. The van der Waals surface area contributed by atoms with Gasteiger partial charge in [-0.05, 0) is 98.7 Å². The first-order valence-corrected chi connectivity index (χ1v) is 12.4. The second-order valence-electron chi connectivity index (χ2n) is 12.0. The maximum Gasteiger partial charge on any atom is 0.180 e. The van der Waals surface area contributed by atoms with Gasteiger partial charge in [0, 0.05) is 5.57 Å². The van der Waals surface area contributed by atoms with Gasteiger partial charge in [-0.3, -0.25) is 9.48 Å². The zero-order chi connectivity index (χ0) is 21.7. The smallest absolute Gasteiger partial charge is 0.180 e. The van der Waals surface area contributed by atoms with Crippen LogP contribution in [0.1, 0.15) is 65.7 Å². The van der Waals surface area contributed by atoms with Crippen LogP contribution in [0.5, 0.6) is 0 Å². The molecule has 0 radical (unpaired) electrons. The van der Waals surface area contributed by atoms with E-state index in [2.05, 4.69) is 18.9 Å². The minimum atomic E-state index is -0.476. The molecule has 31 heavy (non-hydrogen) atoms. The fourth-order valence-corrected chi connectivity index (χ4v) is 9.06. The molecule has 9 atom stereocenters. The third-order valence-corrected chi connectivity index (χ3v) is 10.2. The Hall–Kier alpha value is -1.49. The highest BCUT2D eigenvalue weighted by molar-refractivity contribution is 5.99. The van der Waals surface area contributed by atoms with Crippen molar-refractivity contribution in [3.05, 3.63) is 29.4 Å². The summed E-state index contributed by atoms with van der Waals surface area (Å²) >= 11 is 0. The number of ketones is 1. The number of nitrogens with zero attached hydrogens (tertiary/aromatic N) is 2. The van der Waals surface area contributed by atoms with Crippen LogP contribution in [0.25, 0.3) is 0 Å². The lowest BCUT2D eigenvalue weighted by atomic mass is 9.48. The molecule has 5 heteroatoms. The van der Waals surface area contributed by atoms with Gasteiger partial charge in [0.2, 0.25) is 0 Å². The summed E-state index contributed by atoms with van der Waals surface area (Å²) in [5.74, 6) is 4.36. The molecule has 0 saturated heterocycles. The first kappa shape index (κ1) is 20.1. The van der Waals surface area contributed by atoms with E-state index in [0.29, 0.717) is 29.6 Å². The predicted octanol–water partition coefficient (Wildman–Crippen LogP) is 4.78. The Morgan fingerprint density at radius 1 is 1.19 bits per heavy atom. The molecule has 0 bridgehead atoms. The molecule has 4 saturated carbocycles. The lowest BCUT2D eigenvalue weighted by molar-refractivity contribution is -0.121. The van der Waals surface area contributed by atoms with E-state index in [1.165, 1.54) is 48.3 Å². The quantitative estimate of drug-likeness (QED) is 0.757. The lowest BCUT2D eigenvalue weighted by Crippen LogP contribution is -2.51. The van der Waals surface area contributed by atoms with E-state index in [9.17, 15) is 14.3 Å². The molecule has 0 aliphatic heterocycles. The highest BCUT2D eigenvalue weighted by Gasteiger charge is 2.68. The molecule has 0 aromatic carbocycles. The second-order valence-corrected chi connectivity index (χ2v) is 12.0. The van der Waals surface area contributed by atoms with Crippen molar-refractivity contribution in [3.8, 4) is 0 Å². The second kappa shape index (κ2) is 6.52. The van der Waals surface area contributed by atoms with Crippen LogP contribution in [0.4, 0.5) is 4.39 Å². The Morgan fingerprint density at radius 3 is 2.71 bits per heavy atom. The van der Waals surface area contributed by atoms with E-state index < -0.39 is 5.60 Å². The van der Waals surface area contributed by atoms with Crippen LogP contribution in [0.15, 0.2) is 23.5 Å². The summed E-state index contributed by atoms with van der Waals surface area (Å²) < 4.78 is 14.8. The summed E-state index contributed by atoms with van der Waals surface area (Å²) in [5, 5.41) is 14.6. The van der Waals surface area contributed by atoms with Gasteiger partial charge in [-0.15, -0.1) is 0 Å². The molecule has 1 aromatic heterocycles. The SMILES string of the molecule is C[C@@H]1C2=C(C(=O)Cn3cc(F)cn3)[C@@]3(C)CC[C@H]4[C@@H](CC[C@@H]5C[C@](C)(O)CC[C@@H]54)[C@@H]3[C@@H]21. The molecule has 0 amide bonds. The molecule has 6 rings (SSSR count). The van der Waals surface area contributed by atoms with Crippen LogP contribution in [-0.4, -0.2) is 26.3 Å². The maximum absolute atomic E-state index is 13.5. The summed E-state index contributed by atoms with van der Waals surface area (Å²) in [6.45, 7) is 6.83. The number of rotatable bonds is 3. The third-order valence-electron chi connectivity index (χ3n) is 10.2. The maximum atomic E-state index is 13.5. The van der Waals surface area contributed by atoms with Crippen molar-refractivity contribution >= 4 is 5.78 Å². The number of allylic oxidation sites excluding steroid dienone is 2. The monoisotopic (exact) mass is 426 g/mol. The van der Waals surface area contributed by atoms with Gasteiger partial charge in [0.1, 0.15) is 6.54 Å². The van der Waals surface area contributed by atoms with Gasteiger partial charge in [-0.1, -0.05) is 19.4 Å². The predicted molar refractivity (Wildman–Crippen MR) is 115 cm³/mol. The zero-order valence-corrected chi connectivity index (χ0v) is 19.0. The minimum Gasteiger partial charge on any atom is -0.390 e. The van der Waals surface area contributed by atoms with E-state index in [4.69, 9.17) is 0 Å². The molecular formula is C26H35FN2O2. The van der Waals surface area contributed by atoms with Crippen LogP contribution < -0.4 is 0 Å². The average Bonchev–Trinajstić information content (AvgIpc) is 3.03. The van der Waals surface area contributed by atoms with Gasteiger partial charge < -0.3 is 5.11 Å². The highest BCUT2D eigenvalue weighted by Crippen LogP contribution is 2.74. The summed E-state index contributed by atoms with van der Waals surface area (Å²) in [6, 6.07) is 0. The number of aromatic nitrogens is 2. The standard InChI is InChI=1S/C26H35FN2O2/c1-14-21-22(14)24(20(30)13-29-12-16(27)11-28-29)26(3)9-7-18-17-6-8-25(2,31)10-15(17)4-5-19(18)23(21)26/h11-12,14-15,17-19,21,23,31H,4-10,13H2,1-3H3/t14-,15+,17-,18+,19+,21+,23+,25+,26-/m0/s1. The molecule has 168 valence electrons. The van der Waals surface area contributed by atoms with Crippen molar-refractivity contribution in [2.75, 3.05) is 0 Å². The Labute approximate surface area is 184 Å². The van der Waals surface area contributed by atoms with Crippen LogP contribution >= 0.6 is 0 Å². The molecule has 0 spiro atoms. The fraction of sp³-hybridized carbons (Fsp3) is 0.769. The topological polar surface area (TPSA) is 55.1 Å². The molecule has 1 N–H and O–H groups in total. The molecular weight excluding hydrogens is 391 g/mol. The normalized spacial score (nSPS) is 48.0. The number of hydrogen-bond acceptors (Lipinski definition) is 3. The number of hydrogen-bond donors (Lipinski definition) is 1. The summed E-state index contributed by atoms with van der Waals surface area (Å²) in [7, 11) is 0. The van der Waals surface area contributed by atoms with Crippen LogP contribution in [0.3, 0.4) is 0 Å². The highest BCUT2D eigenvalue weighted by atomic mass is 19.1. The number of carbonyl (C=O) groups is 1. The van der Waals surface area contributed by atoms with Gasteiger partial charge in [0.25, 0.3) is 0 Å². The summed E-state index contributed by atoms with van der Waals surface area (Å²) in [5.41, 5.74) is 2.00. The Morgan fingerprint density at radius 2 is 1.97 bits per heavy atom. The fourth-order valence-electron chi connectivity index (χ4n) is 9.06. The first-order valence-electron chi connectivity index (χ1n) is 12.4. The lowest BCUT2D eigenvalue weighted by Gasteiger charge is -2.57. The summed E-state index contributed by atoms with van der Waals surface area (Å²) in [6.07, 6.45) is 10.4. The van der Waals surface area contributed by atoms with E-state index in [1.807, 2.05) is 6.92 Å². The van der Waals surface area contributed by atoms with Crippen LogP contribution in [-0.2, 0) is 11.3 Å². The number of aliphatic hydroxyl groups is 1. The molecule has 0 unspecified atom stereocenters. The van der Waals surface area contributed by atoms with Crippen LogP contribution in [0, 0.1) is 52.7 Å². The molecule has 4 fully saturated rings. The van der Waals surface area contributed by atoms with Gasteiger partial charge in [0.15, 0.2) is 11.6 Å². The molecule has 5 aliphatic carbocycles. The molecule has 1 heterocycles. The zero-order valence-electron chi connectivity index (χ0n) is 19.0. The Balaban J connectivity index is 1.27. The third kappa shape index (κ3) is 2.87. The molecule has 1 aromatic rings. The average molecular weight is 427 g/mol. The van der Waals surface area contributed by atoms with Crippen molar-refractivity contribution in [1.29, 1.82) is 0 Å².